The van der Waals surface area contributed by atoms with Crippen molar-refractivity contribution in [2.75, 3.05) is 5.32 Å². The number of alkyl halides is 2. The van der Waals surface area contributed by atoms with Gasteiger partial charge in [0.15, 0.2) is 5.69 Å². The van der Waals surface area contributed by atoms with Gasteiger partial charge in [-0.15, -0.1) is 0 Å². The van der Waals surface area contributed by atoms with Crippen LogP contribution in [0.4, 0.5) is 14.5 Å². The molecule has 1 heterocycles. The summed E-state index contributed by atoms with van der Waals surface area (Å²) in [5, 5.41) is 15.3. The molecule has 0 aromatic carbocycles. The lowest BCUT2D eigenvalue weighted by Gasteiger charge is -2.25. The largest absolute Gasteiger partial charge is 0.481 e. The Labute approximate surface area is 126 Å². The number of carbonyl (C=O) groups excluding carboxylic acids is 1. The Hall–Kier alpha value is -1.99. The van der Waals surface area contributed by atoms with Crippen molar-refractivity contribution < 1.29 is 23.5 Å². The molecule has 1 aromatic rings. The number of carboxylic acids is 1. The molecule has 0 saturated heterocycles. The third kappa shape index (κ3) is 3.26. The summed E-state index contributed by atoms with van der Waals surface area (Å²) in [6.07, 6.45) is -0.784. The second-order valence-electron chi connectivity index (χ2n) is 5.66. The van der Waals surface area contributed by atoms with Gasteiger partial charge in [-0.2, -0.15) is 5.10 Å². The van der Waals surface area contributed by atoms with Crippen LogP contribution in [-0.4, -0.2) is 26.8 Å². The van der Waals surface area contributed by atoms with E-state index in [9.17, 15) is 18.4 Å². The number of carbonyl (C=O) groups is 2. The molecule has 8 heteroatoms. The van der Waals surface area contributed by atoms with Crippen LogP contribution in [0.5, 0.6) is 0 Å². The van der Waals surface area contributed by atoms with Gasteiger partial charge in [0.2, 0.25) is 5.91 Å². The molecular weight excluding hydrogens is 296 g/mol. The van der Waals surface area contributed by atoms with E-state index in [4.69, 9.17) is 5.11 Å². The molecule has 6 nitrogen and oxygen atoms in total. The Morgan fingerprint density at radius 3 is 2.59 bits per heavy atom. The number of halogens is 2. The minimum atomic E-state index is -2.78. The van der Waals surface area contributed by atoms with Crippen molar-refractivity contribution in [3.63, 3.8) is 0 Å². The fourth-order valence-corrected chi connectivity index (χ4v) is 2.82. The molecule has 1 aliphatic rings. The van der Waals surface area contributed by atoms with Crippen LogP contribution >= 0.6 is 0 Å². The van der Waals surface area contributed by atoms with Crippen molar-refractivity contribution in [1.29, 1.82) is 0 Å². The maximum Gasteiger partial charge on any atom is 0.306 e. The normalized spacial score (nSPS) is 21.9. The third-order valence-corrected chi connectivity index (χ3v) is 4.21. The SMILES string of the molecule is Cc1c(NC(=O)[C@@H]2CCC[C@H](C(=O)O)C2)c(C(F)F)nn1C. The molecule has 0 unspecified atom stereocenters. The molecule has 1 saturated carbocycles. The number of aromatic nitrogens is 2. The van der Waals surface area contributed by atoms with Crippen molar-refractivity contribution in [3.05, 3.63) is 11.4 Å². The number of rotatable bonds is 4. The smallest absolute Gasteiger partial charge is 0.306 e. The predicted molar refractivity (Wildman–Crippen MR) is 74.6 cm³/mol. The highest BCUT2D eigenvalue weighted by Gasteiger charge is 2.32. The van der Waals surface area contributed by atoms with E-state index in [-0.39, 0.29) is 12.1 Å². The first kappa shape index (κ1) is 16.4. The summed E-state index contributed by atoms with van der Waals surface area (Å²) in [7, 11) is 1.53. The molecule has 0 radical (unpaired) electrons. The zero-order chi connectivity index (χ0) is 16.4. The van der Waals surface area contributed by atoms with Crippen LogP contribution in [0.3, 0.4) is 0 Å². The van der Waals surface area contributed by atoms with E-state index < -0.39 is 35.8 Å². The number of aliphatic carboxylic acids is 1. The van der Waals surface area contributed by atoms with E-state index in [1.165, 1.54) is 11.7 Å². The molecule has 22 heavy (non-hydrogen) atoms. The number of amides is 1. The van der Waals surface area contributed by atoms with Gasteiger partial charge in [0, 0.05) is 13.0 Å². The number of nitrogens with one attached hydrogen (secondary N) is 1. The number of hydrogen-bond acceptors (Lipinski definition) is 3. The first-order valence-corrected chi connectivity index (χ1v) is 7.16. The Balaban J connectivity index is 2.14. The summed E-state index contributed by atoms with van der Waals surface area (Å²) < 4.78 is 27.2. The number of carboxylic acid groups (broad SMARTS) is 1. The molecule has 0 spiro atoms. The van der Waals surface area contributed by atoms with Gasteiger partial charge < -0.3 is 10.4 Å². The van der Waals surface area contributed by atoms with Gasteiger partial charge in [0.25, 0.3) is 6.43 Å². The fourth-order valence-electron chi connectivity index (χ4n) is 2.82. The van der Waals surface area contributed by atoms with Crippen molar-refractivity contribution in [1.82, 2.24) is 9.78 Å². The summed E-state index contributed by atoms with van der Waals surface area (Å²) in [6, 6.07) is 0. The summed E-state index contributed by atoms with van der Waals surface area (Å²) in [5.74, 6) is -2.35. The van der Waals surface area contributed by atoms with Gasteiger partial charge in [-0.1, -0.05) is 6.42 Å². The van der Waals surface area contributed by atoms with E-state index in [1.807, 2.05) is 0 Å². The van der Waals surface area contributed by atoms with Crippen molar-refractivity contribution >= 4 is 17.6 Å². The fraction of sp³-hybridized carbons (Fsp3) is 0.643. The molecule has 1 aromatic heterocycles. The molecular formula is C14H19F2N3O3. The Morgan fingerprint density at radius 1 is 1.36 bits per heavy atom. The van der Waals surface area contributed by atoms with Crippen LogP contribution in [0.2, 0.25) is 0 Å². The maximum atomic E-state index is 13.0. The molecule has 1 amide bonds. The summed E-state index contributed by atoms with van der Waals surface area (Å²) in [5.41, 5.74) is 0.00753. The number of aryl methyl sites for hydroxylation is 1. The Bertz CT molecular complexity index is 586. The van der Waals surface area contributed by atoms with E-state index >= 15 is 0 Å². The maximum absolute atomic E-state index is 13.0. The van der Waals surface area contributed by atoms with Crippen LogP contribution in [-0.2, 0) is 16.6 Å². The number of hydrogen-bond donors (Lipinski definition) is 2. The zero-order valence-electron chi connectivity index (χ0n) is 12.5. The molecule has 1 fully saturated rings. The van der Waals surface area contributed by atoms with Gasteiger partial charge in [0.05, 0.1) is 17.3 Å². The Kier molecular flexibility index (Phi) is 4.77. The highest BCUT2D eigenvalue weighted by molar-refractivity contribution is 5.94. The molecule has 2 rings (SSSR count). The summed E-state index contributed by atoms with van der Waals surface area (Å²) in [4.78, 5) is 23.3. The molecule has 2 atom stereocenters. The summed E-state index contributed by atoms with van der Waals surface area (Å²) in [6.45, 7) is 1.59. The van der Waals surface area contributed by atoms with E-state index in [2.05, 4.69) is 10.4 Å². The van der Waals surface area contributed by atoms with Crippen LogP contribution < -0.4 is 5.32 Å². The van der Waals surface area contributed by atoms with Crippen molar-refractivity contribution in [3.8, 4) is 0 Å². The standard InChI is InChI=1S/C14H19F2N3O3/c1-7-10(11(12(15)16)18-19(7)2)17-13(20)8-4-3-5-9(6-8)14(21)22/h8-9,12H,3-6H2,1-2H3,(H,17,20)(H,21,22)/t8-,9+/m1/s1. The number of anilines is 1. The predicted octanol–water partition coefficient (Wildman–Crippen LogP) is 2.50. The molecule has 0 bridgehead atoms. The highest BCUT2D eigenvalue weighted by Crippen LogP contribution is 2.33. The Morgan fingerprint density at radius 2 is 2.00 bits per heavy atom. The van der Waals surface area contributed by atoms with E-state index in [1.54, 1.807) is 6.92 Å². The third-order valence-electron chi connectivity index (χ3n) is 4.21. The van der Waals surface area contributed by atoms with Crippen LogP contribution in [0.25, 0.3) is 0 Å². The van der Waals surface area contributed by atoms with E-state index in [0.29, 0.717) is 25.0 Å². The highest BCUT2D eigenvalue weighted by atomic mass is 19.3. The molecule has 1 aliphatic carbocycles. The number of nitrogens with zero attached hydrogens (tertiary/aromatic N) is 2. The lowest BCUT2D eigenvalue weighted by atomic mass is 9.81. The lowest BCUT2D eigenvalue weighted by molar-refractivity contribution is -0.143. The zero-order valence-corrected chi connectivity index (χ0v) is 12.5. The second kappa shape index (κ2) is 6.41. The van der Waals surface area contributed by atoms with Crippen molar-refractivity contribution in [2.24, 2.45) is 18.9 Å². The van der Waals surface area contributed by atoms with E-state index in [0.717, 1.165) is 0 Å². The minimum Gasteiger partial charge on any atom is -0.481 e. The van der Waals surface area contributed by atoms with Crippen LogP contribution in [0, 0.1) is 18.8 Å². The van der Waals surface area contributed by atoms with Crippen LogP contribution in [0.15, 0.2) is 0 Å². The molecule has 122 valence electrons. The lowest BCUT2D eigenvalue weighted by Crippen LogP contribution is -2.31. The first-order chi connectivity index (χ1) is 10.3. The van der Waals surface area contributed by atoms with Gasteiger partial charge >= 0.3 is 5.97 Å². The average Bonchev–Trinajstić information content (AvgIpc) is 2.75. The average molecular weight is 315 g/mol. The molecule has 2 N–H and O–H groups in total. The topological polar surface area (TPSA) is 84.2 Å². The summed E-state index contributed by atoms with van der Waals surface area (Å²) >= 11 is 0. The monoisotopic (exact) mass is 315 g/mol. The minimum absolute atomic E-state index is 0.0277. The van der Waals surface area contributed by atoms with Gasteiger partial charge in [-0.3, -0.25) is 14.3 Å². The second-order valence-corrected chi connectivity index (χ2v) is 5.66. The van der Waals surface area contributed by atoms with Gasteiger partial charge in [-0.05, 0) is 26.2 Å². The van der Waals surface area contributed by atoms with Gasteiger partial charge in [-0.25, -0.2) is 8.78 Å². The quantitative estimate of drug-likeness (QED) is 0.894. The first-order valence-electron chi connectivity index (χ1n) is 7.16. The van der Waals surface area contributed by atoms with Gasteiger partial charge in [0.1, 0.15) is 0 Å². The van der Waals surface area contributed by atoms with Crippen molar-refractivity contribution in [2.45, 2.75) is 39.0 Å². The van der Waals surface area contributed by atoms with Crippen LogP contribution in [0.1, 0.15) is 43.5 Å². The molecule has 0 aliphatic heterocycles.